The highest BCUT2D eigenvalue weighted by atomic mass is 16.5. The average Bonchev–Trinajstić information content (AvgIpc) is 2.60. The lowest BCUT2D eigenvalue weighted by molar-refractivity contribution is -0.125. The van der Waals surface area contributed by atoms with Crippen molar-refractivity contribution in [3.63, 3.8) is 0 Å². The predicted octanol–water partition coefficient (Wildman–Crippen LogP) is 4.30. The number of carbonyl (C=O) groups excluding carboxylic acids is 1. The molecular formula is C21H27NO2. The molecule has 0 unspecified atom stereocenters. The van der Waals surface area contributed by atoms with E-state index in [4.69, 9.17) is 4.74 Å². The molecule has 0 radical (unpaired) electrons. The lowest BCUT2D eigenvalue weighted by Gasteiger charge is -2.24. The summed E-state index contributed by atoms with van der Waals surface area (Å²) in [6, 6.07) is 16.6. The summed E-state index contributed by atoms with van der Waals surface area (Å²) >= 11 is 0. The molecule has 0 saturated heterocycles. The third-order valence-corrected chi connectivity index (χ3v) is 4.28. The maximum absolute atomic E-state index is 12.4. The van der Waals surface area contributed by atoms with E-state index in [0.717, 1.165) is 28.7 Å². The third kappa shape index (κ3) is 4.24. The number of methoxy groups -OCH3 is 1. The number of benzene rings is 2. The zero-order valence-electron chi connectivity index (χ0n) is 15.1. The van der Waals surface area contributed by atoms with Crippen molar-refractivity contribution in [2.75, 3.05) is 13.7 Å². The van der Waals surface area contributed by atoms with Gasteiger partial charge in [-0.2, -0.15) is 0 Å². The summed E-state index contributed by atoms with van der Waals surface area (Å²) in [7, 11) is 1.70. The normalized spacial score (nSPS) is 11.3. The van der Waals surface area contributed by atoms with E-state index in [2.05, 4.69) is 42.6 Å². The largest absolute Gasteiger partial charge is 0.380 e. The Morgan fingerprint density at radius 2 is 1.79 bits per heavy atom. The van der Waals surface area contributed by atoms with Crippen molar-refractivity contribution in [2.24, 2.45) is 0 Å². The second-order valence-corrected chi connectivity index (χ2v) is 6.59. The third-order valence-electron chi connectivity index (χ3n) is 4.28. The highest BCUT2D eigenvalue weighted by molar-refractivity contribution is 5.87. The fourth-order valence-corrected chi connectivity index (χ4v) is 2.68. The Hall–Kier alpha value is -2.13. The van der Waals surface area contributed by atoms with Crippen molar-refractivity contribution >= 4 is 5.91 Å². The summed E-state index contributed by atoms with van der Waals surface area (Å²) in [5.41, 5.74) is 3.93. The molecule has 0 saturated carbocycles. The number of nitrogens with one attached hydrogen (secondary N) is 1. The van der Waals surface area contributed by atoms with Crippen LogP contribution in [0.1, 0.15) is 38.3 Å². The number of hydrogen-bond acceptors (Lipinski definition) is 2. The molecule has 0 aromatic heterocycles. The van der Waals surface area contributed by atoms with Crippen LogP contribution in [-0.2, 0) is 21.6 Å². The van der Waals surface area contributed by atoms with Crippen molar-refractivity contribution in [2.45, 2.75) is 39.2 Å². The first-order chi connectivity index (χ1) is 11.5. The molecule has 3 heteroatoms. The van der Waals surface area contributed by atoms with Crippen LogP contribution in [0.4, 0.5) is 0 Å². The Morgan fingerprint density at radius 1 is 1.08 bits per heavy atom. The van der Waals surface area contributed by atoms with Gasteiger partial charge in [0.25, 0.3) is 0 Å². The topological polar surface area (TPSA) is 38.3 Å². The van der Waals surface area contributed by atoms with E-state index in [1.165, 1.54) is 0 Å². The molecule has 0 aliphatic rings. The van der Waals surface area contributed by atoms with Gasteiger partial charge < -0.3 is 10.1 Å². The van der Waals surface area contributed by atoms with Gasteiger partial charge >= 0.3 is 0 Å². The van der Waals surface area contributed by atoms with Crippen LogP contribution in [0.5, 0.6) is 0 Å². The monoisotopic (exact) mass is 325 g/mol. The van der Waals surface area contributed by atoms with Crippen molar-refractivity contribution in [1.82, 2.24) is 5.32 Å². The number of hydrogen-bond donors (Lipinski definition) is 1. The van der Waals surface area contributed by atoms with Crippen LogP contribution in [0.3, 0.4) is 0 Å². The molecule has 2 aromatic carbocycles. The quantitative estimate of drug-likeness (QED) is 0.824. The second kappa shape index (κ2) is 8.11. The smallest absolute Gasteiger partial charge is 0.230 e. The Labute approximate surface area is 145 Å². The highest BCUT2D eigenvalue weighted by Crippen LogP contribution is 2.27. The van der Waals surface area contributed by atoms with Gasteiger partial charge in [0.1, 0.15) is 0 Å². The zero-order chi connectivity index (χ0) is 17.6. The maximum Gasteiger partial charge on any atom is 0.230 e. The lowest BCUT2D eigenvalue weighted by atomic mass is 9.83. The number of ether oxygens (including phenoxy) is 1. The van der Waals surface area contributed by atoms with Crippen LogP contribution in [0.25, 0.3) is 11.1 Å². The summed E-state index contributed by atoms with van der Waals surface area (Å²) in [5, 5.41) is 2.99. The first-order valence-electron chi connectivity index (χ1n) is 8.46. The maximum atomic E-state index is 12.4. The van der Waals surface area contributed by atoms with Crippen LogP contribution < -0.4 is 5.32 Å². The molecule has 0 bridgehead atoms. The molecular weight excluding hydrogens is 298 g/mol. The molecule has 128 valence electrons. The summed E-state index contributed by atoms with van der Waals surface area (Å²) in [6.07, 6.45) is 0.943. The fraction of sp³-hybridized carbons (Fsp3) is 0.381. The van der Waals surface area contributed by atoms with E-state index in [0.29, 0.717) is 13.2 Å². The summed E-state index contributed by atoms with van der Waals surface area (Å²) < 4.78 is 5.20. The zero-order valence-corrected chi connectivity index (χ0v) is 15.1. The van der Waals surface area contributed by atoms with Gasteiger partial charge in [-0.05, 0) is 48.6 Å². The molecule has 2 aromatic rings. The molecule has 2 rings (SSSR count). The first kappa shape index (κ1) is 18.2. The van der Waals surface area contributed by atoms with Crippen LogP contribution in [-0.4, -0.2) is 19.6 Å². The Balaban J connectivity index is 2.21. The molecule has 0 fully saturated rings. The van der Waals surface area contributed by atoms with Crippen molar-refractivity contribution in [3.8, 4) is 11.1 Å². The van der Waals surface area contributed by atoms with E-state index in [1.807, 2.05) is 32.0 Å². The molecule has 3 nitrogen and oxygen atoms in total. The molecule has 0 atom stereocenters. The molecule has 0 aliphatic heterocycles. The van der Waals surface area contributed by atoms with Gasteiger partial charge in [0, 0.05) is 13.7 Å². The van der Waals surface area contributed by atoms with E-state index < -0.39 is 5.41 Å². The molecule has 1 N–H and O–H groups in total. The van der Waals surface area contributed by atoms with Crippen LogP contribution in [0.2, 0.25) is 0 Å². The minimum Gasteiger partial charge on any atom is -0.380 e. The van der Waals surface area contributed by atoms with E-state index >= 15 is 0 Å². The average molecular weight is 325 g/mol. The van der Waals surface area contributed by atoms with Crippen molar-refractivity contribution < 1.29 is 9.53 Å². The van der Waals surface area contributed by atoms with Gasteiger partial charge in [-0.3, -0.25) is 4.79 Å². The Kier molecular flexibility index (Phi) is 6.16. The Bertz CT molecular complexity index is 674. The van der Waals surface area contributed by atoms with Gasteiger partial charge in [-0.1, -0.05) is 49.4 Å². The van der Waals surface area contributed by atoms with Crippen molar-refractivity contribution in [1.29, 1.82) is 0 Å². The Morgan fingerprint density at radius 3 is 2.42 bits per heavy atom. The first-order valence-corrected chi connectivity index (χ1v) is 8.46. The number of amides is 1. The van der Waals surface area contributed by atoms with Gasteiger partial charge in [-0.25, -0.2) is 0 Å². The predicted molar refractivity (Wildman–Crippen MR) is 98.9 cm³/mol. The van der Waals surface area contributed by atoms with E-state index in [1.54, 1.807) is 7.11 Å². The van der Waals surface area contributed by atoms with Gasteiger partial charge in [0.15, 0.2) is 0 Å². The van der Waals surface area contributed by atoms with Gasteiger partial charge in [0.2, 0.25) is 5.91 Å². The van der Waals surface area contributed by atoms with Gasteiger partial charge in [-0.15, -0.1) is 0 Å². The SMILES string of the molecule is CCCNC(=O)C(C)(C)c1ccc(-c2cccc(COC)c2)cc1. The number of carbonyl (C=O) groups is 1. The second-order valence-electron chi connectivity index (χ2n) is 6.59. The summed E-state index contributed by atoms with van der Waals surface area (Å²) in [4.78, 5) is 12.4. The molecule has 1 amide bonds. The minimum atomic E-state index is -0.536. The van der Waals surface area contributed by atoms with Crippen LogP contribution in [0.15, 0.2) is 48.5 Å². The molecule has 24 heavy (non-hydrogen) atoms. The number of rotatable bonds is 7. The standard InChI is InChI=1S/C21H27NO2/c1-5-13-22-20(23)21(2,3)19-11-9-17(10-12-19)18-8-6-7-16(14-18)15-24-4/h6-12,14H,5,13,15H2,1-4H3,(H,22,23). The molecule has 0 aliphatic carbocycles. The fourth-order valence-electron chi connectivity index (χ4n) is 2.68. The lowest BCUT2D eigenvalue weighted by Crippen LogP contribution is -2.40. The van der Waals surface area contributed by atoms with E-state index in [-0.39, 0.29) is 5.91 Å². The van der Waals surface area contributed by atoms with Crippen LogP contribution >= 0.6 is 0 Å². The van der Waals surface area contributed by atoms with Gasteiger partial charge in [0.05, 0.1) is 12.0 Å². The van der Waals surface area contributed by atoms with E-state index in [9.17, 15) is 4.79 Å². The van der Waals surface area contributed by atoms with Crippen LogP contribution in [0, 0.1) is 0 Å². The summed E-state index contributed by atoms with van der Waals surface area (Å²) in [5.74, 6) is 0.0687. The minimum absolute atomic E-state index is 0.0687. The summed E-state index contributed by atoms with van der Waals surface area (Å²) in [6.45, 7) is 7.31. The molecule has 0 spiro atoms. The van der Waals surface area contributed by atoms with Crippen molar-refractivity contribution in [3.05, 3.63) is 59.7 Å². The highest BCUT2D eigenvalue weighted by Gasteiger charge is 2.29. The molecule has 0 heterocycles.